The first kappa shape index (κ1) is 21.9. The number of ether oxygens (including phenoxy) is 1. The van der Waals surface area contributed by atoms with E-state index < -0.39 is 28.8 Å². The lowest BCUT2D eigenvalue weighted by atomic mass is 9.80. The number of nitrogens with zero attached hydrogens (tertiary/aromatic N) is 3. The van der Waals surface area contributed by atoms with Gasteiger partial charge in [-0.15, -0.1) is 5.10 Å². The molecular formula is C23H23F5N4O. The summed E-state index contributed by atoms with van der Waals surface area (Å²) in [6.45, 7) is 1.73. The second-order valence-corrected chi connectivity index (χ2v) is 9.24. The second-order valence-electron chi connectivity index (χ2n) is 9.24. The monoisotopic (exact) mass is 466 g/mol. The third-order valence-electron chi connectivity index (χ3n) is 6.77. The molecule has 5 nitrogen and oxygen atoms in total. The number of nitrogens with one attached hydrogen (secondary N) is 1. The Kier molecular flexibility index (Phi) is 5.21. The number of rotatable bonds is 4. The van der Waals surface area contributed by atoms with E-state index >= 15 is 0 Å². The highest BCUT2D eigenvalue weighted by Gasteiger charge is 2.43. The van der Waals surface area contributed by atoms with Crippen LogP contribution in [-0.2, 0) is 11.6 Å². The smallest absolute Gasteiger partial charge is 0.417 e. The molecule has 2 aliphatic heterocycles. The third kappa shape index (κ3) is 4.22. The molecule has 0 saturated carbocycles. The van der Waals surface area contributed by atoms with Crippen LogP contribution in [0.4, 0.5) is 27.8 Å². The van der Waals surface area contributed by atoms with Crippen LogP contribution in [0.15, 0.2) is 48.2 Å². The number of piperidine rings is 1. The summed E-state index contributed by atoms with van der Waals surface area (Å²) in [6, 6.07) is 4.40. The van der Waals surface area contributed by atoms with Gasteiger partial charge in [-0.1, -0.05) is 0 Å². The zero-order valence-corrected chi connectivity index (χ0v) is 17.9. The number of H-pyrrole nitrogens is 1. The van der Waals surface area contributed by atoms with E-state index in [9.17, 15) is 22.0 Å². The van der Waals surface area contributed by atoms with Crippen LogP contribution in [0, 0.1) is 0 Å². The van der Waals surface area contributed by atoms with Gasteiger partial charge in [0, 0.05) is 60.8 Å². The number of allylic oxidation sites excluding steroid dienone is 4. The standard InChI is InChI=1S/C23H23F5N4O/c1-22(10-14(24)6-15(25)11-22)19-9-21(31-30-19)33-18-7-16-3-4-17(8-18)32(16)20-5-2-13(12-29-20)23(26,27)28/h2,5-6,9-10,12,16-18H,3-4,7-8,11H2,1H3,(H,30,31)/t16-,17+,18?,22?. The zero-order chi connectivity index (χ0) is 23.4. The SMILES string of the molecule is CC1(c2cc(OC3C[C@H]4CC[C@@H](C3)N4c3ccc(C(F)(F)F)cn3)n[nH]2)C=C(F)C=C(F)C1. The molecule has 10 heteroatoms. The van der Waals surface area contributed by atoms with E-state index in [1.54, 1.807) is 13.0 Å². The van der Waals surface area contributed by atoms with Crippen LogP contribution in [0.5, 0.6) is 5.88 Å². The zero-order valence-electron chi connectivity index (χ0n) is 17.9. The van der Waals surface area contributed by atoms with Crippen molar-refractivity contribution in [2.45, 2.75) is 68.8 Å². The maximum Gasteiger partial charge on any atom is 0.417 e. The molecule has 33 heavy (non-hydrogen) atoms. The van der Waals surface area contributed by atoms with Crippen molar-refractivity contribution < 1.29 is 26.7 Å². The molecule has 1 aliphatic carbocycles. The van der Waals surface area contributed by atoms with Crippen LogP contribution in [0.25, 0.3) is 0 Å². The molecular weight excluding hydrogens is 443 g/mol. The van der Waals surface area contributed by atoms with Gasteiger partial charge in [0.1, 0.15) is 23.6 Å². The minimum Gasteiger partial charge on any atom is -0.473 e. The Morgan fingerprint density at radius 2 is 1.88 bits per heavy atom. The van der Waals surface area contributed by atoms with Gasteiger partial charge in [-0.05, 0) is 38.0 Å². The van der Waals surface area contributed by atoms with Gasteiger partial charge in [-0.25, -0.2) is 13.8 Å². The van der Waals surface area contributed by atoms with Gasteiger partial charge < -0.3 is 9.64 Å². The molecule has 5 rings (SSSR count). The van der Waals surface area contributed by atoms with Gasteiger partial charge in [-0.2, -0.15) is 13.2 Å². The first-order chi connectivity index (χ1) is 15.6. The van der Waals surface area contributed by atoms with Crippen molar-refractivity contribution in [2.24, 2.45) is 0 Å². The molecule has 1 N–H and O–H groups in total. The van der Waals surface area contributed by atoms with Crippen LogP contribution in [0.1, 0.15) is 50.3 Å². The molecule has 0 spiro atoms. The van der Waals surface area contributed by atoms with Gasteiger partial charge in [0.05, 0.1) is 5.56 Å². The Morgan fingerprint density at radius 3 is 2.48 bits per heavy atom. The summed E-state index contributed by atoms with van der Waals surface area (Å²) in [6.07, 6.45) is 1.82. The van der Waals surface area contributed by atoms with Gasteiger partial charge in [-0.3, -0.25) is 5.10 Å². The number of hydrogen-bond acceptors (Lipinski definition) is 4. The molecule has 176 valence electrons. The van der Waals surface area contributed by atoms with Crippen molar-refractivity contribution in [1.29, 1.82) is 0 Å². The molecule has 4 atom stereocenters. The van der Waals surface area contributed by atoms with Crippen molar-refractivity contribution >= 4 is 5.82 Å². The molecule has 0 aromatic carbocycles. The highest BCUT2D eigenvalue weighted by Crippen LogP contribution is 2.41. The Balaban J connectivity index is 1.26. The van der Waals surface area contributed by atoms with Crippen molar-refractivity contribution in [1.82, 2.24) is 15.2 Å². The average molecular weight is 466 g/mol. The van der Waals surface area contributed by atoms with Gasteiger partial charge in [0.15, 0.2) is 0 Å². The Labute approximate surface area is 187 Å². The number of aromatic amines is 1. The molecule has 3 aliphatic rings. The van der Waals surface area contributed by atoms with E-state index in [-0.39, 0.29) is 24.6 Å². The van der Waals surface area contributed by atoms with Gasteiger partial charge in [0.25, 0.3) is 0 Å². The minimum absolute atomic E-state index is 0.0325. The lowest BCUT2D eigenvalue weighted by Crippen LogP contribution is -2.46. The van der Waals surface area contributed by atoms with Crippen molar-refractivity contribution in [3.05, 3.63) is 59.5 Å². The summed E-state index contributed by atoms with van der Waals surface area (Å²) in [5.74, 6) is -0.250. The van der Waals surface area contributed by atoms with Crippen LogP contribution in [-0.4, -0.2) is 33.4 Å². The van der Waals surface area contributed by atoms with Crippen LogP contribution in [0.3, 0.4) is 0 Å². The summed E-state index contributed by atoms with van der Waals surface area (Å²) in [7, 11) is 0. The Bertz CT molecular complexity index is 1080. The van der Waals surface area contributed by atoms with E-state index in [4.69, 9.17) is 4.74 Å². The molecule has 2 unspecified atom stereocenters. The van der Waals surface area contributed by atoms with Crippen molar-refractivity contribution in [2.75, 3.05) is 4.90 Å². The quantitative estimate of drug-likeness (QED) is 0.582. The average Bonchev–Trinajstić information content (AvgIpc) is 3.29. The van der Waals surface area contributed by atoms with Crippen LogP contribution < -0.4 is 9.64 Å². The van der Waals surface area contributed by atoms with Gasteiger partial charge in [0.2, 0.25) is 5.88 Å². The van der Waals surface area contributed by atoms with E-state index in [0.29, 0.717) is 30.2 Å². The van der Waals surface area contributed by atoms with E-state index in [0.717, 1.165) is 31.2 Å². The highest BCUT2D eigenvalue weighted by molar-refractivity contribution is 5.45. The second kappa shape index (κ2) is 7.85. The Hall–Kier alpha value is -2.91. The highest BCUT2D eigenvalue weighted by atomic mass is 19.4. The van der Waals surface area contributed by atoms with Gasteiger partial charge >= 0.3 is 6.18 Å². The normalized spacial score (nSPS) is 29.6. The first-order valence-electron chi connectivity index (χ1n) is 10.9. The number of aromatic nitrogens is 3. The van der Waals surface area contributed by atoms with Crippen LogP contribution in [0.2, 0.25) is 0 Å². The maximum absolute atomic E-state index is 13.8. The summed E-state index contributed by atoms with van der Waals surface area (Å²) in [4.78, 5) is 6.17. The molecule has 0 radical (unpaired) electrons. The molecule has 2 bridgehead atoms. The molecule has 0 amide bonds. The fourth-order valence-corrected chi connectivity index (χ4v) is 5.25. The predicted molar refractivity (Wildman–Crippen MR) is 111 cm³/mol. The molecule has 2 aromatic rings. The van der Waals surface area contributed by atoms with Crippen LogP contribution >= 0.6 is 0 Å². The number of fused-ring (bicyclic) bond motifs is 2. The first-order valence-corrected chi connectivity index (χ1v) is 10.9. The largest absolute Gasteiger partial charge is 0.473 e. The summed E-state index contributed by atoms with van der Waals surface area (Å²) < 4.78 is 72.2. The lowest BCUT2D eigenvalue weighted by molar-refractivity contribution is -0.137. The van der Waals surface area contributed by atoms with E-state index in [1.165, 1.54) is 12.1 Å². The number of anilines is 1. The molecule has 4 heterocycles. The Morgan fingerprint density at radius 1 is 1.15 bits per heavy atom. The fraction of sp³-hybridized carbons (Fsp3) is 0.478. The predicted octanol–water partition coefficient (Wildman–Crippen LogP) is 5.77. The minimum atomic E-state index is -4.41. The van der Waals surface area contributed by atoms with Crippen molar-refractivity contribution in [3.63, 3.8) is 0 Å². The number of pyridine rings is 1. The number of alkyl halides is 3. The topological polar surface area (TPSA) is 54.0 Å². The molecule has 2 fully saturated rings. The third-order valence-corrected chi connectivity index (χ3v) is 6.77. The fourth-order valence-electron chi connectivity index (χ4n) is 5.25. The summed E-state index contributed by atoms with van der Waals surface area (Å²) in [5, 5.41) is 7.03. The van der Waals surface area contributed by atoms with E-state index in [2.05, 4.69) is 20.1 Å². The number of hydrogen-bond donors (Lipinski definition) is 1. The number of halogens is 5. The lowest BCUT2D eigenvalue weighted by Gasteiger charge is -2.39. The summed E-state index contributed by atoms with van der Waals surface area (Å²) >= 11 is 0. The van der Waals surface area contributed by atoms with E-state index in [1.807, 2.05) is 0 Å². The van der Waals surface area contributed by atoms with Crippen molar-refractivity contribution in [3.8, 4) is 5.88 Å². The molecule has 2 saturated heterocycles. The summed E-state index contributed by atoms with van der Waals surface area (Å²) in [5.41, 5.74) is -1.08. The molecule has 2 aromatic heterocycles. The maximum atomic E-state index is 13.8.